The Labute approximate surface area is 221 Å². The minimum atomic E-state index is -5.70. The van der Waals surface area contributed by atoms with Crippen LogP contribution in [0.3, 0.4) is 0 Å². The van der Waals surface area contributed by atoms with Crippen LogP contribution in [0.15, 0.2) is 48.5 Å². The summed E-state index contributed by atoms with van der Waals surface area (Å²) < 4.78 is 64.6. The molecule has 2 aromatic rings. The number of benzene rings is 2. The first-order valence-corrected chi connectivity index (χ1v) is 14.2. The van der Waals surface area contributed by atoms with E-state index < -0.39 is 15.6 Å². The average Bonchev–Trinajstić information content (AvgIpc) is 3.41. The lowest BCUT2D eigenvalue weighted by Crippen LogP contribution is -2.32. The first-order valence-electron chi connectivity index (χ1n) is 12.8. The third-order valence-corrected chi connectivity index (χ3v) is 7.73. The standard InChI is InChI=1S/C27H32F3N3O4S/c28-27(29,30)38(35,36)37-25-11-8-22-13-18-32(20-23(22)19-25)15-2-1-14-31-26(34)12-7-21-5-9-24(10-6-21)33-16-3-4-17-33/h5-12,19H,1-4,13-18,20H2,(H,31,34). The molecule has 11 heteroatoms. The molecule has 4 rings (SSSR count). The summed E-state index contributed by atoms with van der Waals surface area (Å²) in [6.45, 7) is 4.76. The largest absolute Gasteiger partial charge is 0.534 e. The zero-order chi connectivity index (χ0) is 27.2. The van der Waals surface area contributed by atoms with Gasteiger partial charge in [-0.25, -0.2) is 0 Å². The van der Waals surface area contributed by atoms with Gasteiger partial charge in [0.2, 0.25) is 5.91 Å². The van der Waals surface area contributed by atoms with E-state index in [4.69, 9.17) is 0 Å². The van der Waals surface area contributed by atoms with Gasteiger partial charge in [-0.1, -0.05) is 18.2 Å². The molecule has 206 valence electrons. The molecule has 0 atom stereocenters. The number of halogens is 3. The normalized spacial score (nSPS) is 16.6. The Bertz CT molecular complexity index is 1240. The first-order chi connectivity index (χ1) is 18.1. The molecule has 38 heavy (non-hydrogen) atoms. The van der Waals surface area contributed by atoms with Gasteiger partial charge in [0, 0.05) is 44.5 Å². The summed E-state index contributed by atoms with van der Waals surface area (Å²) >= 11 is 0. The molecule has 1 saturated heterocycles. The number of carbonyl (C=O) groups is 1. The van der Waals surface area contributed by atoms with Crippen molar-refractivity contribution in [2.75, 3.05) is 37.6 Å². The molecular formula is C27H32F3N3O4S. The number of nitrogens with one attached hydrogen (secondary N) is 1. The molecule has 0 aromatic heterocycles. The molecule has 0 bridgehead atoms. The molecule has 0 saturated carbocycles. The Hall–Kier alpha value is -3.05. The highest BCUT2D eigenvalue weighted by Gasteiger charge is 2.48. The van der Waals surface area contributed by atoms with Crippen molar-refractivity contribution in [1.82, 2.24) is 10.2 Å². The van der Waals surface area contributed by atoms with E-state index in [9.17, 15) is 26.4 Å². The smallest absolute Gasteiger partial charge is 0.376 e. The third-order valence-electron chi connectivity index (χ3n) is 6.75. The van der Waals surface area contributed by atoms with Gasteiger partial charge in [0.05, 0.1) is 0 Å². The Morgan fingerprint density at radius 3 is 2.45 bits per heavy atom. The Balaban J connectivity index is 1.16. The molecule has 0 aliphatic carbocycles. The SMILES string of the molecule is O=C(C=Cc1ccc(N2CCCC2)cc1)NCCCCN1CCc2ccc(OS(=O)(=O)C(F)(F)F)cc2C1. The summed E-state index contributed by atoms with van der Waals surface area (Å²) in [6, 6.07) is 12.4. The molecule has 2 aliphatic rings. The lowest BCUT2D eigenvalue weighted by Gasteiger charge is -2.29. The quantitative estimate of drug-likeness (QED) is 0.203. The predicted octanol–water partition coefficient (Wildman–Crippen LogP) is 4.48. The van der Waals surface area contributed by atoms with Crippen LogP contribution in [0.5, 0.6) is 5.75 Å². The van der Waals surface area contributed by atoms with Gasteiger partial charge in [-0.3, -0.25) is 9.69 Å². The van der Waals surface area contributed by atoms with Crippen molar-refractivity contribution in [2.24, 2.45) is 0 Å². The van der Waals surface area contributed by atoms with E-state index in [-0.39, 0.29) is 11.7 Å². The molecule has 1 N–H and O–H groups in total. The number of anilines is 1. The number of amides is 1. The molecule has 0 spiro atoms. The summed E-state index contributed by atoms with van der Waals surface area (Å²) in [4.78, 5) is 16.7. The van der Waals surface area contributed by atoms with Crippen LogP contribution in [-0.4, -0.2) is 57.5 Å². The topological polar surface area (TPSA) is 79.0 Å². The van der Waals surface area contributed by atoms with Crippen LogP contribution in [0.25, 0.3) is 6.08 Å². The molecule has 0 radical (unpaired) electrons. The molecule has 2 aliphatic heterocycles. The number of nitrogens with zero attached hydrogens (tertiary/aromatic N) is 2. The van der Waals surface area contributed by atoms with Crippen molar-refractivity contribution in [3.8, 4) is 5.75 Å². The maximum atomic E-state index is 12.6. The van der Waals surface area contributed by atoms with E-state index in [1.54, 1.807) is 12.1 Å². The predicted molar refractivity (Wildman–Crippen MR) is 140 cm³/mol. The molecular weight excluding hydrogens is 519 g/mol. The van der Waals surface area contributed by atoms with E-state index in [1.807, 2.05) is 12.1 Å². The fourth-order valence-electron chi connectivity index (χ4n) is 4.68. The van der Waals surface area contributed by atoms with Crippen molar-refractivity contribution < 1.29 is 30.6 Å². The van der Waals surface area contributed by atoms with Gasteiger partial charge in [-0.2, -0.15) is 21.6 Å². The highest BCUT2D eigenvalue weighted by molar-refractivity contribution is 7.88. The summed E-state index contributed by atoms with van der Waals surface area (Å²) in [5, 5.41) is 2.89. The Morgan fingerprint density at radius 2 is 1.74 bits per heavy atom. The van der Waals surface area contributed by atoms with Crippen LogP contribution in [0.1, 0.15) is 42.4 Å². The van der Waals surface area contributed by atoms with Crippen molar-refractivity contribution in [3.05, 3.63) is 65.2 Å². The molecule has 0 unspecified atom stereocenters. The second-order valence-corrected chi connectivity index (χ2v) is 11.1. The van der Waals surface area contributed by atoms with Gasteiger partial charge in [-0.15, -0.1) is 0 Å². The number of hydrogen-bond acceptors (Lipinski definition) is 6. The van der Waals surface area contributed by atoms with Gasteiger partial charge in [0.15, 0.2) is 0 Å². The van der Waals surface area contributed by atoms with E-state index >= 15 is 0 Å². The molecule has 2 aromatic carbocycles. The van der Waals surface area contributed by atoms with E-state index in [0.29, 0.717) is 19.5 Å². The van der Waals surface area contributed by atoms with Crippen LogP contribution in [-0.2, 0) is 27.9 Å². The van der Waals surface area contributed by atoms with Crippen molar-refractivity contribution >= 4 is 27.8 Å². The van der Waals surface area contributed by atoms with Crippen LogP contribution >= 0.6 is 0 Å². The maximum Gasteiger partial charge on any atom is 0.534 e. The van der Waals surface area contributed by atoms with Crippen molar-refractivity contribution in [1.29, 1.82) is 0 Å². The summed E-state index contributed by atoms with van der Waals surface area (Å²) in [5.74, 6) is -0.497. The number of alkyl halides is 3. The van der Waals surface area contributed by atoms with E-state index in [0.717, 1.165) is 55.7 Å². The van der Waals surface area contributed by atoms with Crippen LogP contribution in [0, 0.1) is 0 Å². The van der Waals surface area contributed by atoms with Gasteiger partial charge in [-0.05, 0) is 85.7 Å². The number of unbranched alkanes of at least 4 members (excludes halogenated alkanes) is 1. The van der Waals surface area contributed by atoms with E-state index in [2.05, 4.69) is 31.4 Å². The number of hydrogen-bond donors (Lipinski definition) is 1. The fraction of sp³-hybridized carbons (Fsp3) is 0.444. The summed E-state index contributed by atoms with van der Waals surface area (Å²) in [5.41, 5.74) is -1.58. The highest BCUT2D eigenvalue weighted by Crippen LogP contribution is 2.30. The number of carbonyl (C=O) groups excluding carboxylic acids is 1. The van der Waals surface area contributed by atoms with Crippen molar-refractivity contribution in [3.63, 3.8) is 0 Å². The lowest BCUT2D eigenvalue weighted by atomic mass is 9.99. The molecule has 2 heterocycles. The summed E-state index contributed by atoms with van der Waals surface area (Å²) in [7, 11) is -5.70. The molecule has 1 fully saturated rings. The zero-order valence-corrected chi connectivity index (χ0v) is 21.9. The van der Waals surface area contributed by atoms with Gasteiger partial charge < -0.3 is 14.4 Å². The lowest BCUT2D eigenvalue weighted by molar-refractivity contribution is -0.116. The van der Waals surface area contributed by atoms with Gasteiger partial charge in [0.1, 0.15) is 5.75 Å². The third kappa shape index (κ3) is 7.50. The average molecular weight is 552 g/mol. The van der Waals surface area contributed by atoms with E-state index in [1.165, 1.54) is 36.7 Å². The first kappa shape index (κ1) is 28.0. The minimum Gasteiger partial charge on any atom is -0.376 e. The zero-order valence-electron chi connectivity index (χ0n) is 21.0. The van der Waals surface area contributed by atoms with Gasteiger partial charge in [0.25, 0.3) is 0 Å². The molecule has 7 nitrogen and oxygen atoms in total. The second-order valence-electron chi connectivity index (χ2n) is 9.56. The Morgan fingerprint density at radius 1 is 1.00 bits per heavy atom. The fourth-order valence-corrected chi connectivity index (χ4v) is 5.13. The number of fused-ring (bicyclic) bond motifs is 1. The number of rotatable bonds is 10. The van der Waals surface area contributed by atoms with Crippen LogP contribution in [0.4, 0.5) is 18.9 Å². The summed E-state index contributed by atoms with van der Waals surface area (Å²) in [6.07, 6.45) is 8.11. The second kappa shape index (κ2) is 12.2. The van der Waals surface area contributed by atoms with Crippen LogP contribution < -0.4 is 14.4 Å². The minimum absolute atomic E-state index is 0.151. The maximum absolute atomic E-state index is 12.6. The molecule has 1 amide bonds. The Kier molecular flexibility index (Phi) is 8.99. The van der Waals surface area contributed by atoms with Crippen molar-refractivity contribution in [2.45, 2.75) is 44.2 Å². The highest BCUT2D eigenvalue weighted by atomic mass is 32.2. The van der Waals surface area contributed by atoms with Crippen LogP contribution in [0.2, 0.25) is 0 Å². The van der Waals surface area contributed by atoms with Gasteiger partial charge >= 0.3 is 15.6 Å². The monoisotopic (exact) mass is 551 g/mol.